The zero-order chi connectivity index (χ0) is 13.0. The molecule has 1 aromatic heterocycles. The molecule has 0 amide bonds. The van der Waals surface area contributed by atoms with Crippen molar-refractivity contribution in [2.24, 2.45) is 11.8 Å². The van der Waals surface area contributed by atoms with Crippen LogP contribution >= 0.6 is 11.8 Å². The predicted molar refractivity (Wildman–Crippen MR) is 77.9 cm³/mol. The third-order valence-corrected chi connectivity index (χ3v) is 5.28. The minimum Gasteiger partial charge on any atom is -0.340 e. The van der Waals surface area contributed by atoms with E-state index in [1.165, 1.54) is 19.3 Å². The number of imidazole rings is 1. The van der Waals surface area contributed by atoms with Crippen LogP contribution in [0.3, 0.4) is 0 Å². The lowest BCUT2D eigenvalue weighted by atomic mass is 9.80. The number of hydrogen-bond acceptors (Lipinski definition) is 3. The third kappa shape index (κ3) is 3.51. The van der Waals surface area contributed by atoms with Crippen molar-refractivity contribution in [3.63, 3.8) is 0 Å². The van der Waals surface area contributed by atoms with Gasteiger partial charge in [0.25, 0.3) is 0 Å². The molecular formula is C14H25N3S. The van der Waals surface area contributed by atoms with E-state index in [1.807, 2.05) is 24.2 Å². The fourth-order valence-corrected chi connectivity index (χ4v) is 4.23. The second-order valence-electron chi connectivity index (χ2n) is 5.59. The van der Waals surface area contributed by atoms with Crippen molar-refractivity contribution in [1.29, 1.82) is 0 Å². The molecule has 0 spiro atoms. The van der Waals surface area contributed by atoms with Crippen LogP contribution in [-0.2, 0) is 0 Å². The first-order chi connectivity index (χ1) is 8.70. The maximum absolute atomic E-state index is 4.36. The van der Waals surface area contributed by atoms with E-state index in [0.29, 0.717) is 11.3 Å². The Morgan fingerprint density at radius 1 is 1.44 bits per heavy atom. The molecule has 3 nitrogen and oxygen atoms in total. The molecule has 1 heterocycles. The van der Waals surface area contributed by atoms with Gasteiger partial charge in [0.1, 0.15) is 0 Å². The van der Waals surface area contributed by atoms with E-state index in [9.17, 15) is 0 Å². The molecule has 4 atom stereocenters. The predicted octanol–water partition coefficient (Wildman–Crippen LogP) is 3.30. The Balaban J connectivity index is 2.01. The topological polar surface area (TPSA) is 40.7 Å². The van der Waals surface area contributed by atoms with Gasteiger partial charge < -0.3 is 10.3 Å². The minimum atomic E-state index is 0.624. The van der Waals surface area contributed by atoms with E-state index in [1.54, 1.807) is 0 Å². The summed E-state index contributed by atoms with van der Waals surface area (Å²) < 4.78 is 0. The van der Waals surface area contributed by atoms with Crippen LogP contribution in [0.5, 0.6) is 0 Å². The van der Waals surface area contributed by atoms with Crippen LogP contribution in [0.15, 0.2) is 17.6 Å². The van der Waals surface area contributed by atoms with Crippen molar-refractivity contribution < 1.29 is 0 Å². The number of thioether (sulfide) groups is 1. The van der Waals surface area contributed by atoms with Gasteiger partial charge in [-0.2, -0.15) is 0 Å². The van der Waals surface area contributed by atoms with Gasteiger partial charge in [-0.05, 0) is 37.6 Å². The zero-order valence-corrected chi connectivity index (χ0v) is 12.5. The first-order valence-corrected chi connectivity index (χ1v) is 7.98. The first-order valence-electron chi connectivity index (χ1n) is 7.10. The summed E-state index contributed by atoms with van der Waals surface area (Å²) in [5.74, 6) is 1.58. The Bertz CT molecular complexity index is 339. The Hall–Kier alpha value is -0.480. The van der Waals surface area contributed by atoms with Gasteiger partial charge in [-0.15, -0.1) is 0 Å². The molecule has 0 aliphatic heterocycles. The molecule has 0 bridgehead atoms. The number of aromatic nitrogens is 2. The fourth-order valence-electron chi connectivity index (χ4n) is 3.00. The summed E-state index contributed by atoms with van der Waals surface area (Å²) >= 11 is 1.91. The highest BCUT2D eigenvalue weighted by Gasteiger charge is 2.34. The van der Waals surface area contributed by atoms with Crippen LogP contribution in [0.2, 0.25) is 0 Å². The molecule has 0 aromatic carbocycles. The lowest BCUT2D eigenvalue weighted by Gasteiger charge is -2.39. The number of nitrogens with zero attached hydrogens (tertiary/aromatic N) is 1. The quantitative estimate of drug-likeness (QED) is 0.860. The van der Waals surface area contributed by atoms with E-state index in [4.69, 9.17) is 0 Å². The third-order valence-electron chi connectivity index (χ3n) is 3.77. The molecule has 1 aromatic rings. The highest BCUT2D eigenvalue weighted by molar-refractivity contribution is 7.99. The molecular weight excluding hydrogens is 242 g/mol. The molecule has 1 aliphatic rings. The average Bonchev–Trinajstić information content (AvgIpc) is 2.83. The van der Waals surface area contributed by atoms with Crippen molar-refractivity contribution in [3.8, 4) is 0 Å². The van der Waals surface area contributed by atoms with Gasteiger partial charge in [-0.1, -0.05) is 32.5 Å². The Kier molecular flexibility index (Phi) is 5.13. The molecule has 18 heavy (non-hydrogen) atoms. The van der Waals surface area contributed by atoms with Crippen molar-refractivity contribution in [3.05, 3.63) is 12.4 Å². The van der Waals surface area contributed by atoms with E-state index in [0.717, 1.165) is 23.5 Å². The van der Waals surface area contributed by atoms with Crippen molar-refractivity contribution in [2.75, 3.05) is 6.54 Å². The van der Waals surface area contributed by atoms with Gasteiger partial charge in [0, 0.05) is 23.7 Å². The van der Waals surface area contributed by atoms with Crippen molar-refractivity contribution >= 4 is 11.8 Å². The van der Waals surface area contributed by atoms with E-state index in [-0.39, 0.29) is 0 Å². The maximum atomic E-state index is 4.36. The largest absolute Gasteiger partial charge is 0.340 e. The Morgan fingerprint density at radius 2 is 2.28 bits per heavy atom. The summed E-state index contributed by atoms with van der Waals surface area (Å²) in [5.41, 5.74) is 0. The summed E-state index contributed by atoms with van der Waals surface area (Å²) in [6.45, 7) is 8.12. The number of rotatable bonds is 5. The lowest BCUT2D eigenvalue weighted by Crippen LogP contribution is -2.46. The van der Waals surface area contributed by atoms with Crippen LogP contribution in [0.4, 0.5) is 0 Å². The molecule has 4 unspecified atom stereocenters. The zero-order valence-electron chi connectivity index (χ0n) is 11.6. The van der Waals surface area contributed by atoms with Crippen molar-refractivity contribution in [2.45, 2.75) is 56.5 Å². The number of hydrogen-bond donors (Lipinski definition) is 2. The van der Waals surface area contributed by atoms with Crippen molar-refractivity contribution in [1.82, 2.24) is 15.3 Å². The summed E-state index contributed by atoms with van der Waals surface area (Å²) in [5, 5.41) is 5.43. The maximum Gasteiger partial charge on any atom is 0.165 e. The van der Waals surface area contributed by atoms with Crippen LogP contribution < -0.4 is 5.32 Å². The second-order valence-corrected chi connectivity index (χ2v) is 6.76. The molecule has 1 fully saturated rings. The van der Waals surface area contributed by atoms with Gasteiger partial charge in [0.05, 0.1) is 0 Å². The van der Waals surface area contributed by atoms with Gasteiger partial charge in [0.15, 0.2) is 5.16 Å². The smallest absolute Gasteiger partial charge is 0.165 e. The molecule has 0 radical (unpaired) electrons. The Labute approximate surface area is 115 Å². The molecule has 4 heteroatoms. The van der Waals surface area contributed by atoms with Crippen LogP contribution in [0, 0.1) is 11.8 Å². The minimum absolute atomic E-state index is 0.624. The number of aromatic amines is 1. The van der Waals surface area contributed by atoms with Crippen LogP contribution in [0.1, 0.15) is 40.0 Å². The van der Waals surface area contributed by atoms with E-state index in [2.05, 4.69) is 36.1 Å². The normalized spacial score (nSPS) is 32.6. The molecule has 0 saturated heterocycles. The second kappa shape index (κ2) is 6.62. The average molecular weight is 267 g/mol. The SMILES string of the molecule is CCCNC1CC(C)CC(C)C1Sc1ncc[nH]1. The van der Waals surface area contributed by atoms with Crippen LogP contribution in [0.25, 0.3) is 0 Å². The summed E-state index contributed by atoms with van der Waals surface area (Å²) in [6, 6.07) is 0.624. The summed E-state index contributed by atoms with van der Waals surface area (Å²) in [4.78, 5) is 7.58. The molecule has 1 saturated carbocycles. The van der Waals surface area contributed by atoms with Gasteiger partial charge in [-0.3, -0.25) is 0 Å². The summed E-state index contributed by atoms with van der Waals surface area (Å²) in [6.07, 6.45) is 7.59. The van der Waals surface area contributed by atoms with Gasteiger partial charge >= 0.3 is 0 Å². The Morgan fingerprint density at radius 3 is 2.94 bits per heavy atom. The standard InChI is InChI=1S/C14H25N3S/c1-4-5-15-12-9-10(2)8-11(3)13(12)18-14-16-6-7-17-14/h6-7,10-13,15H,4-5,8-9H2,1-3H3,(H,16,17). The van der Waals surface area contributed by atoms with E-state index < -0.39 is 0 Å². The van der Waals surface area contributed by atoms with Gasteiger partial charge in [0.2, 0.25) is 0 Å². The number of H-pyrrole nitrogens is 1. The summed E-state index contributed by atoms with van der Waals surface area (Å²) in [7, 11) is 0. The molecule has 2 rings (SSSR count). The highest BCUT2D eigenvalue weighted by Crippen LogP contribution is 2.38. The van der Waals surface area contributed by atoms with Gasteiger partial charge in [-0.25, -0.2) is 4.98 Å². The monoisotopic (exact) mass is 267 g/mol. The first kappa shape index (κ1) is 13.9. The molecule has 2 N–H and O–H groups in total. The fraction of sp³-hybridized carbons (Fsp3) is 0.786. The molecule has 102 valence electrons. The highest BCUT2D eigenvalue weighted by atomic mass is 32.2. The van der Waals surface area contributed by atoms with E-state index >= 15 is 0 Å². The molecule has 1 aliphatic carbocycles. The number of nitrogens with one attached hydrogen (secondary N) is 2. The lowest BCUT2D eigenvalue weighted by molar-refractivity contribution is 0.249. The van der Waals surface area contributed by atoms with Crippen LogP contribution in [-0.4, -0.2) is 27.8 Å².